The van der Waals surface area contributed by atoms with Gasteiger partial charge in [0, 0.05) is 44.3 Å². The van der Waals surface area contributed by atoms with Crippen molar-refractivity contribution < 1.29 is 0 Å². The van der Waals surface area contributed by atoms with Crippen molar-refractivity contribution in [2.45, 2.75) is 50.6 Å². The van der Waals surface area contributed by atoms with E-state index in [1.807, 2.05) is 0 Å². The molecule has 0 amide bonds. The first-order valence-corrected chi connectivity index (χ1v) is 7.43. The first-order valence-electron chi connectivity index (χ1n) is 7.43. The largest absolute Gasteiger partial charge is 0.329 e. The number of nitrogens with two attached hydrogens (primary N) is 1. The lowest BCUT2D eigenvalue weighted by Gasteiger charge is -2.46. The summed E-state index contributed by atoms with van der Waals surface area (Å²) in [6.07, 6.45) is 6.92. The molecule has 98 valence electrons. The minimum absolute atomic E-state index is 0.356. The Morgan fingerprint density at radius 1 is 1.12 bits per heavy atom. The molecule has 0 bridgehead atoms. The van der Waals surface area contributed by atoms with Crippen molar-refractivity contribution in [3.8, 4) is 0 Å². The molecule has 0 aromatic rings. The fourth-order valence-corrected chi connectivity index (χ4v) is 3.97. The highest BCUT2D eigenvalue weighted by Gasteiger charge is 2.43. The maximum Gasteiger partial charge on any atom is 0.0335 e. The topological polar surface area (TPSA) is 32.5 Å². The molecule has 3 aliphatic rings. The summed E-state index contributed by atoms with van der Waals surface area (Å²) in [7, 11) is 0. The molecule has 2 saturated carbocycles. The van der Waals surface area contributed by atoms with Gasteiger partial charge in [-0.25, -0.2) is 0 Å². The van der Waals surface area contributed by atoms with Gasteiger partial charge in [0.15, 0.2) is 0 Å². The Morgan fingerprint density at radius 3 is 2.29 bits per heavy atom. The van der Waals surface area contributed by atoms with Gasteiger partial charge in [0.25, 0.3) is 0 Å². The summed E-state index contributed by atoms with van der Waals surface area (Å²) in [5.41, 5.74) is 6.47. The van der Waals surface area contributed by atoms with Crippen LogP contribution in [0, 0.1) is 5.92 Å². The lowest BCUT2D eigenvalue weighted by molar-refractivity contribution is 0.0349. The minimum atomic E-state index is 0.356. The zero-order valence-corrected chi connectivity index (χ0v) is 11.2. The van der Waals surface area contributed by atoms with Gasteiger partial charge in [0.2, 0.25) is 0 Å². The van der Waals surface area contributed by atoms with Crippen LogP contribution in [-0.2, 0) is 0 Å². The molecule has 2 aliphatic carbocycles. The van der Waals surface area contributed by atoms with Gasteiger partial charge in [0.1, 0.15) is 0 Å². The van der Waals surface area contributed by atoms with Crippen molar-refractivity contribution in [1.82, 2.24) is 9.80 Å². The van der Waals surface area contributed by atoms with E-state index in [1.165, 1.54) is 58.3 Å². The van der Waals surface area contributed by atoms with E-state index in [1.54, 1.807) is 0 Å². The summed E-state index contributed by atoms with van der Waals surface area (Å²) in [4.78, 5) is 5.41. The molecule has 3 fully saturated rings. The third kappa shape index (κ3) is 2.25. The van der Waals surface area contributed by atoms with Crippen LogP contribution in [0.5, 0.6) is 0 Å². The smallest absolute Gasteiger partial charge is 0.0335 e. The Kier molecular flexibility index (Phi) is 3.18. The maximum absolute atomic E-state index is 6.11. The molecule has 2 N–H and O–H groups in total. The van der Waals surface area contributed by atoms with Crippen LogP contribution in [0.15, 0.2) is 0 Å². The van der Waals surface area contributed by atoms with E-state index in [4.69, 9.17) is 5.73 Å². The van der Waals surface area contributed by atoms with Crippen LogP contribution in [0.2, 0.25) is 0 Å². The van der Waals surface area contributed by atoms with Crippen LogP contribution in [0.3, 0.4) is 0 Å². The predicted octanol–water partition coefficient (Wildman–Crippen LogP) is 1.28. The molecule has 3 heteroatoms. The Labute approximate surface area is 105 Å². The fraction of sp³-hybridized carbons (Fsp3) is 1.00. The summed E-state index contributed by atoms with van der Waals surface area (Å²) in [5.74, 6) is 0.875. The van der Waals surface area contributed by atoms with Gasteiger partial charge in [-0.1, -0.05) is 6.92 Å². The van der Waals surface area contributed by atoms with E-state index < -0.39 is 0 Å². The van der Waals surface area contributed by atoms with E-state index in [0.29, 0.717) is 5.54 Å². The standard InChI is InChI=1S/C14H27N3/c1-12-4-5-14(10-12,11-15)17-8-6-16(7-9-17)13-2-3-13/h12-13H,2-11,15H2,1H3. The Hall–Kier alpha value is -0.120. The number of hydrogen-bond donors (Lipinski definition) is 1. The lowest BCUT2D eigenvalue weighted by atomic mass is 9.93. The van der Waals surface area contributed by atoms with Crippen molar-refractivity contribution in [2.24, 2.45) is 11.7 Å². The molecule has 2 atom stereocenters. The van der Waals surface area contributed by atoms with E-state index in [2.05, 4.69) is 16.7 Å². The van der Waals surface area contributed by atoms with E-state index in [0.717, 1.165) is 18.5 Å². The zero-order chi connectivity index (χ0) is 11.9. The molecule has 0 aromatic carbocycles. The van der Waals surface area contributed by atoms with Crippen LogP contribution in [0.4, 0.5) is 0 Å². The fourth-order valence-electron chi connectivity index (χ4n) is 3.97. The van der Waals surface area contributed by atoms with Crippen LogP contribution in [0.1, 0.15) is 39.0 Å². The molecule has 0 radical (unpaired) electrons. The van der Waals surface area contributed by atoms with E-state index >= 15 is 0 Å². The summed E-state index contributed by atoms with van der Waals surface area (Å²) >= 11 is 0. The Balaban J connectivity index is 1.60. The first-order chi connectivity index (χ1) is 8.23. The summed E-state index contributed by atoms with van der Waals surface area (Å²) in [5, 5.41) is 0. The van der Waals surface area contributed by atoms with Crippen molar-refractivity contribution in [3.05, 3.63) is 0 Å². The van der Waals surface area contributed by atoms with Gasteiger partial charge in [-0.2, -0.15) is 0 Å². The molecule has 17 heavy (non-hydrogen) atoms. The molecular weight excluding hydrogens is 210 g/mol. The summed E-state index contributed by atoms with van der Waals surface area (Å²) < 4.78 is 0. The van der Waals surface area contributed by atoms with Crippen LogP contribution in [0.25, 0.3) is 0 Å². The molecular formula is C14H27N3. The molecule has 3 nitrogen and oxygen atoms in total. The van der Waals surface area contributed by atoms with E-state index in [-0.39, 0.29) is 0 Å². The van der Waals surface area contributed by atoms with E-state index in [9.17, 15) is 0 Å². The summed E-state index contributed by atoms with van der Waals surface area (Å²) in [6, 6.07) is 0.938. The van der Waals surface area contributed by atoms with Gasteiger partial charge in [-0.05, 0) is 38.0 Å². The highest BCUT2D eigenvalue weighted by molar-refractivity contribution is 5.00. The average molecular weight is 237 g/mol. The summed E-state index contributed by atoms with van der Waals surface area (Å²) in [6.45, 7) is 8.31. The SMILES string of the molecule is CC1CCC(CN)(N2CCN(C3CC3)CC2)C1. The third-order valence-electron chi connectivity index (χ3n) is 5.26. The zero-order valence-electron chi connectivity index (χ0n) is 11.2. The lowest BCUT2D eigenvalue weighted by Crippen LogP contribution is -2.59. The first kappa shape index (κ1) is 11.9. The van der Waals surface area contributed by atoms with Gasteiger partial charge in [0.05, 0.1) is 0 Å². The normalized spacial score (nSPS) is 40.9. The van der Waals surface area contributed by atoms with Crippen molar-refractivity contribution in [3.63, 3.8) is 0 Å². The number of rotatable bonds is 3. The van der Waals surface area contributed by atoms with Crippen molar-refractivity contribution >= 4 is 0 Å². The number of hydrogen-bond acceptors (Lipinski definition) is 3. The molecule has 0 spiro atoms. The predicted molar refractivity (Wildman–Crippen MR) is 71.0 cm³/mol. The third-order valence-corrected chi connectivity index (χ3v) is 5.26. The van der Waals surface area contributed by atoms with Crippen molar-refractivity contribution in [1.29, 1.82) is 0 Å². The second-order valence-electron chi connectivity index (χ2n) is 6.53. The van der Waals surface area contributed by atoms with Gasteiger partial charge < -0.3 is 5.73 Å². The molecule has 0 aromatic heterocycles. The van der Waals surface area contributed by atoms with Crippen LogP contribution < -0.4 is 5.73 Å². The van der Waals surface area contributed by atoms with Gasteiger partial charge in [-0.3, -0.25) is 9.80 Å². The molecule has 3 rings (SSSR count). The quantitative estimate of drug-likeness (QED) is 0.803. The molecule has 1 saturated heterocycles. The van der Waals surface area contributed by atoms with Crippen LogP contribution in [-0.4, -0.2) is 54.1 Å². The highest BCUT2D eigenvalue weighted by Crippen LogP contribution is 2.39. The van der Waals surface area contributed by atoms with Gasteiger partial charge >= 0.3 is 0 Å². The Morgan fingerprint density at radius 2 is 1.82 bits per heavy atom. The molecule has 1 heterocycles. The van der Waals surface area contributed by atoms with Gasteiger partial charge in [-0.15, -0.1) is 0 Å². The second kappa shape index (κ2) is 4.52. The molecule has 2 unspecified atom stereocenters. The van der Waals surface area contributed by atoms with Crippen LogP contribution >= 0.6 is 0 Å². The average Bonchev–Trinajstić information content (AvgIpc) is 3.14. The minimum Gasteiger partial charge on any atom is -0.329 e. The van der Waals surface area contributed by atoms with Crippen molar-refractivity contribution in [2.75, 3.05) is 32.7 Å². The maximum atomic E-state index is 6.11. The monoisotopic (exact) mass is 237 g/mol. The number of piperazine rings is 1. The highest BCUT2D eigenvalue weighted by atomic mass is 15.3. The number of nitrogens with zero attached hydrogens (tertiary/aromatic N) is 2. The second-order valence-corrected chi connectivity index (χ2v) is 6.53. The Bertz CT molecular complexity index is 269. The molecule has 1 aliphatic heterocycles.